The van der Waals surface area contributed by atoms with Crippen molar-refractivity contribution in [1.82, 2.24) is 15.5 Å². The van der Waals surface area contributed by atoms with Gasteiger partial charge in [-0.2, -0.15) is 4.98 Å². The summed E-state index contributed by atoms with van der Waals surface area (Å²) < 4.78 is 24.5. The Bertz CT molecular complexity index is 599. The molecule has 1 aromatic heterocycles. The van der Waals surface area contributed by atoms with Crippen LogP contribution in [0.4, 0.5) is 4.39 Å². The third-order valence-electron chi connectivity index (χ3n) is 3.28. The zero-order valence-electron chi connectivity index (χ0n) is 10.8. The molecular weight excluding hydrogens is 329 g/mol. The fraction of sp³-hybridized carbons (Fsp3) is 0.385. The molecule has 1 N–H and O–H groups in total. The van der Waals surface area contributed by atoms with Crippen molar-refractivity contribution in [2.24, 2.45) is 0 Å². The van der Waals surface area contributed by atoms with E-state index in [-0.39, 0.29) is 18.0 Å². The van der Waals surface area contributed by atoms with Gasteiger partial charge in [0.05, 0.1) is 12.1 Å². The van der Waals surface area contributed by atoms with Gasteiger partial charge < -0.3 is 14.6 Å². The average molecular weight is 342 g/mol. The second-order valence-corrected chi connectivity index (χ2v) is 5.58. The maximum Gasteiger partial charge on any atom is 0.244 e. The molecule has 0 radical (unpaired) electrons. The van der Waals surface area contributed by atoms with Crippen molar-refractivity contribution < 1.29 is 13.7 Å². The maximum atomic E-state index is 13.4. The number of nitrogens with one attached hydrogen (secondary N) is 1. The zero-order valence-corrected chi connectivity index (χ0v) is 12.4. The van der Waals surface area contributed by atoms with Crippen LogP contribution in [-0.2, 0) is 4.74 Å². The molecule has 0 amide bonds. The predicted molar refractivity (Wildman–Crippen MR) is 73.5 cm³/mol. The van der Waals surface area contributed by atoms with E-state index in [1.807, 2.05) is 0 Å². The molecule has 7 heteroatoms. The largest absolute Gasteiger partial charge is 0.380 e. The van der Waals surface area contributed by atoms with Crippen LogP contribution in [0.15, 0.2) is 27.2 Å². The van der Waals surface area contributed by atoms with E-state index < -0.39 is 0 Å². The monoisotopic (exact) mass is 341 g/mol. The molecule has 1 saturated heterocycles. The Morgan fingerprint density at radius 1 is 1.45 bits per heavy atom. The van der Waals surface area contributed by atoms with Crippen LogP contribution in [0.3, 0.4) is 0 Å². The number of methoxy groups -OCH3 is 1. The summed E-state index contributed by atoms with van der Waals surface area (Å²) in [6.07, 6.45) is 0.934. The fourth-order valence-corrected chi connectivity index (χ4v) is 2.71. The third-order valence-corrected chi connectivity index (χ3v) is 3.74. The van der Waals surface area contributed by atoms with Crippen LogP contribution in [0, 0.1) is 5.82 Å². The van der Waals surface area contributed by atoms with Crippen LogP contribution in [-0.4, -0.2) is 29.9 Å². The van der Waals surface area contributed by atoms with Crippen molar-refractivity contribution >= 4 is 15.9 Å². The van der Waals surface area contributed by atoms with E-state index in [1.165, 1.54) is 12.1 Å². The van der Waals surface area contributed by atoms with Crippen LogP contribution in [0.25, 0.3) is 11.4 Å². The SMILES string of the molecule is COC1CNC(c2nc(-c3cc(F)cc(Br)c3)no2)C1. The standard InChI is InChI=1S/C13H13BrFN3O2/c1-19-10-5-11(16-6-10)13-17-12(18-20-13)7-2-8(14)4-9(15)3-7/h2-4,10-11,16H,5-6H2,1H3. The van der Waals surface area contributed by atoms with Crippen molar-refractivity contribution in [3.63, 3.8) is 0 Å². The number of benzene rings is 1. The Labute approximate surface area is 123 Å². The Morgan fingerprint density at radius 2 is 2.30 bits per heavy atom. The summed E-state index contributed by atoms with van der Waals surface area (Å²) in [6, 6.07) is 4.49. The molecule has 2 aromatic rings. The lowest BCUT2D eigenvalue weighted by atomic mass is 10.2. The Balaban J connectivity index is 1.83. The molecule has 1 aliphatic rings. The van der Waals surface area contributed by atoms with E-state index >= 15 is 0 Å². The highest BCUT2D eigenvalue weighted by Gasteiger charge is 2.29. The number of rotatable bonds is 3. The Hall–Kier alpha value is -1.31. The molecule has 106 valence electrons. The zero-order chi connectivity index (χ0) is 14.1. The van der Waals surface area contributed by atoms with E-state index in [0.29, 0.717) is 21.8 Å². The van der Waals surface area contributed by atoms with Crippen molar-refractivity contribution in [3.05, 3.63) is 34.4 Å². The highest BCUT2D eigenvalue weighted by atomic mass is 79.9. The number of aromatic nitrogens is 2. The number of ether oxygens (including phenoxy) is 1. The molecule has 1 fully saturated rings. The quantitative estimate of drug-likeness (QED) is 0.929. The van der Waals surface area contributed by atoms with Gasteiger partial charge in [-0.1, -0.05) is 21.1 Å². The van der Waals surface area contributed by atoms with E-state index in [1.54, 1.807) is 13.2 Å². The summed E-state index contributed by atoms with van der Waals surface area (Å²) in [5.74, 6) is 0.530. The van der Waals surface area contributed by atoms with Crippen LogP contribution in [0.5, 0.6) is 0 Å². The minimum atomic E-state index is -0.348. The van der Waals surface area contributed by atoms with Crippen LogP contribution >= 0.6 is 15.9 Å². The molecule has 3 rings (SSSR count). The lowest BCUT2D eigenvalue weighted by Crippen LogP contribution is -2.16. The van der Waals surface area contributed by atoms with Gasteiger partial charge >= 0.3 is 0 Å². The van der Waals surface area contributed by atoms with Crippen molar-refractivity contribution in [1.29, 1.82) is 0 Å². The molecule has 2 heterocycles. The molecule has 20 heavy (non-hydrogen) atoms. The van der Waals surface area contributed by atoms with Gasteiger partial charge in [0.2, 0.25) is 11.7 Å². The van der Waals surface area contributed by atoms with Crippen LogP contribution in [0.2, 0.25) is 0 Å². The first-order chi connectivity index (χ1) is 9.65. The summed E-state index contributed by atoms with van der Waals surface area (Å²) >= 11 is 3.25. The van der Waals surface area contributed by atoms with Gasteiger partial charge in [0.25, 0.3) is 0 Å². The molecule has 0 saturated carbocycles. The first kappa shape index (κ1) is 13.7. The van der Waals surface area contributed by atoms with Gasteiger partial charge in [-0.05, 0) is 24.6 Å². The van der Waals surface area contributed by atoms with Gasteiger partial charge in [-0.25, -0.2) is 4.39 Å². The Kier molecular flexibility index (Phi) is 3.82. The van der Waals surface area contributed by atoms with Gasteiger partial charge in [0, 0.05) is 23.7 Å². The van der Waals surface area contributed by atoms with Crippen molar-refractivity contribution in [3.8, 4) is 11.4 Å². The number of hydrogen-bond donors (Lipinski definition) is 1. The molecule has 2 unspecified atom stereocenters. The molecule has 2 atom stereocenters. The minimum absolute atomic E-state index is 0.0156. The van der Waals surface area contributed by atoms with E-state index in [9.17, 15) is 4.39 Å². The molecule has 5 nitrogen and oxygen atoms in total. The molecule has 0 bridgehead atoms. The lowest BCUT2D eigenvalue weighted by Gasteiger charge is -2.04. The van der Waals surface area contributed by atoms with Gasteiger partial charge in [0.1, 0.15) is 5.82 Å². The summed E-state index contributed by atoms with van der Waals surface area (Å²) in [6.45, 7) is 0.754. The van der Waals surface area contributed by atoms with Gasteiger partial charge in [0.15, 0.2) is 0 Å². The molecule has 1 aromatic carbocycles. The first-order valence-corrected chi connectivity index (χ1v) is 7.01. The van der Waals surface area contributed by atoms with E-state index in [2.05, 4.69) is 31.4 Å². The van der Waals surface area contributed by atoms with Crippen LogP contribution < -0.4 is 5.32 Å². The summed E-state index contributed by atoms with van der Waals surface area (Å²) in [5, 5.41) is 7.17. The maximum absolute atomic E-state index is 13.4. The van der Waals surface area contributed by atoms with Gasteiger partial charge in [-0.3, -0.25) is 0 Å². The summed E-state index contributed by atoms with van der Waals surface area (Å²) in [5.41, 5.74) is 0.577. The highest BCUT2D eigenvalue weighted by molar-refractivity contribution is 9.10. The lowest BCUT2D eigenvalue weighted by molar-refractivity contribution is 0.116. The molecule has 0 spiro atoms. The minimum Gasteiger partial charge on any atom is -0.380 e. The van der Waals surface area contributed by atoms with Gasteiger partial charge in [-0.15, -0.1) is 0 Å². The first-order valence-electron chi connectivity index (χ1n) is 6.22. The molecule has 1 aliphatic heterocycles. The fourth-order valence-electron chi connectivity index (χ4n) is 2.25. The smallest absolute Gasteiger partial charge is 0.244 e. The topological polar surface area (TPSA) is 60.2 Å². The third kappa shape index (κ3) is 2.74. The van der Waals surface area contributed by atoms with E-state index in [4.69, 9.17) is 9.26 Å². The highest BCUT2D eigenvalue weighted by Crippen LogP contribution is 2.27. The Morgan fingerprint density at radius 3 is 3.00 bits per heavy atom. The number of hydrogen-bond acceptors (Lipinski definition) is 5. The average Bonchev–Trinajstić information content (AvgIpc) is 3.06. The van der Waals surface area contributed by atoms with E-state index in [0.717, 1.165) is 13.0 Å². The molecular formula is C13H13BrFN3O2. The second kappa shape index (κ2) is 5.59. The normalized spacial score (nSPS) is 22.4. The number of halogens is 2. The summed E-state index contributed by atoms with van der Waals surface area (Å²) in [4.78, 5) is 4.33. The second-order valence-electron chi connectivity index (χ2n) is 4.67. The van der Waals surface area contributed by atoms with Crippen molar-refractivity contribution in [2.75, 3.05) is 13.7 Å². The summed E-state index contributed by atoms with van der Waals surface area (Å²) in [7, 11) is 1.68. The number of nitrogens with zero attached hydrogens (tertiary/aromatic N) is 2. The predicted octanol–water partition coefficient (Wildman–Crippen LogP) is 2.69. The molecule has 0 aliphatic carbocycles. The van der Waals surface area contributed by atoms with Crippen molar-refractivity contribution in [2.45, 2.75) is 18.6 Å². The van der Waals surface area contributed by atoms with Crippen LogP contribution in [0.1, 0.15) is 18.4 Å².